The van der Waals surface area contributed by atoms with Crippen LogP contribution < -0.4 is 19.5 Å². The van der Waals surface area contributed by atoms with Crippen molar-refractivity contribution in [2.75, 3.05) is 46.3 Å². The minimum absolute atomic E-state index is 0.139. The largest absolute Gasteiger partial charge is 0.508 e. The van der Waals surface area contributed by atoms with Crippen LogP contribution in [-0.2, 0) is 12.8 Å². The fourth-order valence-electron chi connectivity index (χ4n) is 5.25. The first kappa shape index (κ1) is 27.6. The number of aromatic hydroxyl groups is 1. The van der Waals surface area contributed by atoms with Crippen molar-refractivity contribution in [3.8, 4) is 23.0 Å². The van der Waals surface area contributed by atoms with E-state index in [0.717, 1.165) is 61.7 Å². The molecule has 3 aromatic carbocycles. The normalized spacial score (nSPS) is 15.6. The standard InChI is InChI=1S/C32H42N2O4/c1-6-29(22-11-14-27(15-12-22)38-17-16-34(3)7-2)33-30-21-32(37-5)31(36-4)20-28(30)25-9-8-24-19-26(35)13-10-23(24)18-25/h10-15,19-21,25,29,33,35H,6-9,16-18H2,1-5H3. The molecule has 38 heavy (non-hydrogen) atoms. The van der Waals surface area contributed by atoms with Gasteiger partial charge in [-0.25, -0.2) is 0 Å². The highest BCUT2D eigenvalue weighted by Gasteiger charge is 2.25. The molecule has 4 rings (SSSR count). The van der Waals surface area contributed by atoms with Crippen molar-refractivity contribution in [2.24, 2.45) is 0 Å². The Morgan fingerprint density at radius 2 is 1.71 bits per heavy atom. The number of nitrogens with one attached hydrogen (secondary N) is 1. The molecule has 0 amide bonds. The molecule has 0 heterocycles. The van der Waals surface area contributed by atoms with Gasteiger partial charge in [-0.05, 0) is 97.8 Å². The molecule has 6 heteroatoms. The molecule has 0 bridgehead atoms. The summed E-state index contributed by atoms with van der Waals surface area (Å²) < 4.78 is 17.3. The van der Waals surface area contributed by atoms with E-state index in [2.05, 4.69) is 73.6 Å². The second-order valence-electron chi connectivity index (χ2n) is 10.1. The summed E-state index contributed by atoms with van der Waals surface area (Å²) in [5.74, 6) is 3.03. The number of benzene rings is 3. The zero-order chi connectivity index (χ0) is 27.1. The van der Waals surface area contributed by atoms with E-state index < -0.39 is 0 Å². The maximum Gasteiger partial charge on any atom is 0.162 e. The number of likely N-dealkylation sites (N-methyl/N-ethyl adjacent to an activating group) is 1. The molecule has 0 aromatic heterocycles. The van der Waals surface area contributed by atoms with Crippen molar-refractivity contribution < 1.29 is 19.3 Å². The van der Waals surface area contributed by atoms with E-state index in [1.165, 1.54) is 22.3 Å². The molecule has 0 fully saturated rings. The van der Waals surface area contributed by atoms with Crippen LogP contribution in [0, 0.1) is 0 Å². The highest BCUT2D eigenvalue weighted by atomic mass is 16.5. The van der Waals surface area contributed by atoms with Gasteiger partial charge in [0.05, 0.1) is 20.3 Å². The average Bonchev–Trinajstić information content (AvgIpc) is 2.95. The first-order valence-corrected chi connectivity index (χ1v) is 13.7. The molecular formula is C32H42N2O4. The minimum Gasteiger partial charge on any atom is -0.508 e. The first-order chi connectivity index (χ1) is 18.4. The lowest BCUT2D eigenvalue weighted by Crippen LogP contribution is -2.23. The van der Waals surface area contributed by atoms with E-state index in [1.54, 1.807) is 20.3 Å². The van der Waals surface area contributed by atoms with Crippen LogP contribution in [0.1, 0.15) is 60.9 Å². The Morgan fingerprint density at radius 3 is 2.39 bits per heavy atom. The smallest absolute Gasteiger partial charge is 0.162 e. The Hall–Kier alpha value is -3.38. The Morgan fingerprint density at radius 1 is 0.974 bits per heavy atom. The van der Waals surface area contributed by atoms with Gasteiger partial charge in [-0.1, -0.05) is 32.0 Å². The van der Waals surface area contributed by atoms with Gasteiger partial charge in [0.1, 0.15) is 18.1 Å². The van der Waals surface area contributed by atoms with Gasteiger partial charge in [0.15, 0.2) is 11.5 Å². The van der Waals surface area contributed by atoms with E-state index in [4.69, 9.17) is 14.2 Å². The van der Waals surface area contributed by atoms with Crippen molar-refractivity contribution in [1.29, 1.82) is 0 Å². The van der Waals surface area contributed by atoms with E-state index in [1.807, 2.05) is 6.07 Å². The SMILES string of the molecule is CCC(Nc1cc(OC)c(OC)cc1C1CCc2cc(O)ccc2C1)c1ccc(OCCN(C)CC)cc1. The number of phenolic OH excluding ortho intramolecular Hbond substituents is 1. The summed E-state index contributed by atoms with van der Waals surface area (Å²) in [6.07, 6.45) is 3.81. The van der Waals surface area contributed by atoms with Crippen molar-refractivity contribution in [2.45, 2.75) is 51.5 Å². The van der Waals surface area contributed by atoms with Gasteiger partial charge in [0.2, 0.25) is 0 Å². The number of rotatable bonds is 12. The monoisotopic (exact) mass is 518 g/mol. The van der Waals surface area contributed by atoms with Crippen LogP contribution in [0.15, 0.2) is 54.6 Å². The van der Waals surface area contributed by atoms with Crippen molar-refractivity contribution >= 4 is 5.69 Å². The maximum atomic E-state index is 9.92. The lowest BCUT2D eigenvalue weighted by Gasteiger charge is -2.29. The molecular weight excluding hydrogens is 476 g/mol. The molecule has 1 aliphatic carbocycles. The van der Waals surface area contributed by atoms with Gasteiger partial charge in [-0.15, -0.1) is 0 Å². The second-order valence-corrected chi connectivity index (χ2v) is 10.1. The summed E-state index contributed by atoms with van der Waals surface area (Å²) in [5, 5.41) is 13.7. The second kappa shape index (κ2) is 12.9. The van der Waals surface area contributed by atoms with Crippen LogP contribution in [0.2, 0.25) is 0 Å². The number of fused-ring (bicyclic) bond motifs is 1. The summed E-state index contributed by atoms with van der Waals surface area (Å²) in [6, 6.07) is 18.5. The number of phenols is 1. The molecule has 0 aliphatic heterocycles. The number of methoxy groups -OCH3 is 2. The molecule has 0 spiro atoms. The van der Waals surface area contributed by atoms with Crippen LogP contribution in [0.25, 0.3) is 0 Å². The third-order valence-corrected chi connectivity index (χ3v) is 7.72. The Balaban J connectivity index is 1.57. The topological polar surface area (TPSA) is 63.2 Å². The fourth-order valence-corrected chi connectivity index (χ4v) is 5.25. The van der Waals surface area contributed by atoms with Crippen molar-refractivity contribution in [3.63, 3.8) is 0 Å². The summed E-state index contributed by atoms with van der Waals surface area (Å²) in [5.41, 5.74) is 6.07. The quantitative estimate of drug-likeness (QED) is 0.283. The number of hydrogen-bond donors (Lipinski definition) is 2. The Kier molecular flexibility index (Phi) is 9.40. The predicted molar refractivity (Wildman–Crippen MR) is 154 cm³/mol. The lowest BCUT2D eigenvalue weighted by molar-refractivity contribution is 0.244. The summed E-state index contributed by atoms with van der Waals surface area (Å²) in [6.45, 7) is 6.95. The van der Waals surface area contributed by atoms with Gasteiger partial charge < -0.3 is 29.5 Å². The number of hydrogen-bond acceptors (Lipinski definition) is 6. The molecule has 2 N–H and O–H groups in total. The number of anilines is 1. The van der Waals surface area contributed by atoms with E-state index in [9.17, 15) is 5.11 Å². The van der Waals surface area contributed by atoms with Gasteiger partial charge >= 0.3 is 0 Å². The summed E-state index contributed by atoms with van der Waals surface area (Å²) in [7, 11) is 5.47. The number of ether oxygens (including phenoxy) is 3. The van der Waals surface area contributed by atoms with Gasteiger partial charge in [-0.2, -0.15) is 0 Å². The van der Waals surface area contributed by atoms with E-state index >= 15 is 0 Å². The third-order valence-electron chi connectivity index (χ3n) is 7.72. The molecule has 3 aromatic rings. The Labute approximate surface area is 227 Å². The zero-order valence-corrected chi connectivity index (χ0v) is 23.4. The van der Waals surface area contributed by atoms with Crippen LogP contribution in [0.3, 0.4) is 0 Å². The molecule has 0 saturated heterocycles. The average molecular weight is 519 g/mol. The van der Waals surface area contributed by atoms with Crippen molar-refractivity contribution in [1.82, 2.24) is 4.90 Å². The van der Waals surface area contributed by atoms with E-state index in [-0.39, 0.29) is 6.04 Å². The van der Waals surface area contributed by atoms with Crippen LogP contribution in [-0.4, -0.2) is 51.0 Å². The third kappa shape index (κ3) is 6.54. The van der Waals surface area contributed by atoms with Gasteiger partial charge in [0.25, 0.3) is 0 Å². The molecule has 6 nitrogen and oxygen atoms in total. The Bertz CT molecular complexity index is 1190. The zero-order valence-electron chi connectivity index (χ0n) is 23.4. The minimum atomic E-state index is 0.139. The maximum absolute atomic E-state index is 9.92. The molecule has 0 radical (unpaired) electrons. The van der Waals surface area contributed by atoms with Crippen molar-refractivity contribution in [3.05, 3.63) is 76.9 Å². The number of aryl methyl sites for hydroxylation is 1. The molecule has 2 atom stereocenters. The summed E-state index contributed by atoms with van der Waals surface area (Å²) >= 11 is 0. The number of nitrogens with zero attached hydrogens (tertiary/aromatic N) is 1. The molecule has 1 aliphatic rings. The highest BCUT2D eigenvalue weighted by molar-refractivity contribution is 5.63. The van der Waals surface area contributed by atoms with Gasteiger partial charge in [-0.3, -0.25) is 0 Å². The van der Waals surface area contributed by atoms with E-state index in [0.29, 0.717) is 18.3 Å². The lowest BCUT2D eigenvalue weighted by atomic mass is 9.79. The molecule has 204 valence electrons. The van der Waals surface area contributed by atoms with Crippen LogP contribution in [0.4, 0.5) is 5.69 Å². The highest BCUT2D eigenvalue weighted by Crippen LogP contribution is 2.43. The van der Waals surface area contributed by atoms with Crippen LogP contribution >= 0.6 is 0 Å². The molecule has 2 unspecified atom stereocenters. The van der Waals surface area contributed by atoms with Gasteiger partial charge in [0, 0.05) is 18.3 Å². The summed E-state index contributed by atoms with van der Waals surface area (Å²) in [4.78, 5) is 2.24. The molecule has 0 saturated carbocycles. The predicted octanol–water partition coefficient (Wildman–Crippen LogP) is 6.58. The van der Waals surface area contributed by atoms with Crippen LogP contribution in [0.5, 0.6) is 23.0 Å². The first-order valence-electron chi connectivity index (χ1n) is 13.7. The fraction of sp³-hybridized carbons (Fsp3) is 0.438.